The van der Waals surface area contributed by atoms with Gasteiger partial charge in [0.15, 0.2) is 0 Å². The van der Waals surface area contributed by atoms with Crippen LogP contribution in [-0.2, 0) is 9.53 Å². The second kappa shape index (κ2) is 9.32. The average molecular weight is 432 g/mol. The van der Waals surface area contributed by atoms with Crippen molar-refractivity contribution in [3.05, 3.63) is 107 Å². The molecule has 32 heavy (non-hydrogen) atoms. The molecular weight excluding hydrogens is 407 g/mol. The van der Waals surface area contributed by atoms with Gasteiger partial charge in [0.25, 0.3) is 5.91 Å². The second-order valence-electron chi connectivity index (χ2n) is 7.84. The lowest BCUT2D eigenvalue weighted by molar-refractivity contribution is -0.141. The summed E-state index contributed by atoms with van der Waals surface area (Å²) in [5, 5.41) is 3.45. The molecule has 0 fully saturated rings. The van der Waals surface area contributed by atoms with E-state index in [2.05, 4.69) is 5.32 Å². The third-order valence-electron chi connectivity index (χ3n) is 5.91. The summed E-state index contributed by atoms with van der Waals surface area (Å²) in [6, 6.07) is 22.6. The molecule has 1 N–H and O–H groups in total. The monoisotopic (exact) mass is 432 g/mol. The SMILES string of the molecule is COC(=O)C[C@H](N[C@H]1c2ccccc2C(=O)N1[C@@H](C)c1ccccc1)c1cccc(F)c1. The van der Waals surface area contributed by atoms with Gasteiger partial charge in [0.05, 0.1) is 19.6 Å². The Balaban J connectivity index is 1.74. The summed E-state index contributed by atoms with van der Waals surface area (Å²) in [7, 11) is 1.32. The largest absolute Gasteiger partial charge is 0.469 e. The summed E-state index contributed by atoms with van der Waals surface area (Å²) in [5.74, 6) is -0.908. The van der Waals surface area contributed by atoms with E-state index < -0.39 is 24.0 Å². The molecule has 4 rings (SSSR count). The van der Waals surface area contributed by atoms with E-state index in [-0.39, 0.29) is 18.4 Å². The Morgan fingerprint density at radius 3 is 2.44 bits per heavy atom. The molecule has 0 aliphatic carbocycles. The molecule has 0 spiro atoms. The molecule has 0 radical (unpaired) electrons. The van der Waals surface area contributed by atoms with E-state index in [1.807, 2.05) is 61.5 Å². The van der Waals surface area contributed by atoms with Gasteiger partial charge in [-0.05, 0) is 36.2 Å². The molecule has 0 saturated carbocycles. The number of amides is 1. The number of carbonyl (C=O) groups excluding carboxylic acids is 2. The Morgan fingerprint density at radius 1 is 1.03 bits per heavy atom. The van der Waals surface area contributed by atoms with Crippen LogP contribution in [0, 0.1) is 5.82 Å². The summed E-state index contributed by atoms with van der Waals surface area (Å²) in [5.41, 5.74) is 3.05. The molecule has 3 atom stereocenters. The predicted octanol–water partition coefficient (Wildman–Crippen LogP) is 4.94. The van der Waals surface area contributed by atoms with Crippen molar-refractivity contribution in [3.8, 4) is 0 Å². The fourth-order valence-corrected chi connectivity index (χ4v) is 4.24. The topological polar surface area (TPSA) is 58.6 Å². The highest BCUT2D eigenvalue weighted by molar-refractivity contribution is 5.99. The molecule has 3 aromatic carbocycles. The zero-order valence-electron chi connectivity index (χ0n) is 18.0. The van der Waals surface area contributed by atoms with Crippen molar-refractivity contribution in [1.29, 1.82) is 0 Å². The highest BCUT2D eigenvalue weighted by Gasteiger charge is 2.40. The van der Waals surface area contributed by atoms with E-state index in [0.717, 1.165) is 11.1 Å². The number of ether oxygens (including phenoxy) is 1. The molecule has 0 aromatic heterocycles. The lowest BCUT2D eigenvalue weighted by atomic mass is 10.0. The molecule has 0 saturated heterocycles. The molecule has 6 heteroatoms. The highest BCUT2D eigenvalue weighted by Crippen LogP contribution is 2.40. The van der Waals surface area contributed by atoms with Crippen LogP contribution in [0.4, 0.5) is 4.39 Å². The first kappa shape index (κ1) is 21.7. The zero-order chi connectivity index (χ0) is 22.7. The van der Waals surface area contributed by atoms with Crippen molar-refractivity contribution in [2.75, 3.05) is 7.11 Å². The van der Waals surface area contributed by atoms with E-state index in [4.69, 9.17) is 4.74 Å². The number of hydrogen-bond acceptors (Lipinski definition) is 4. The molecule has 3 aromatic rings. The first-order valence-electron chi connectivity index (χ1n) is 10.5. The van der Waals surface area contributed by atoms with Gasteiger partial charge in [-0.15, -0.1) is 0 Å². The van der Waals surface area contributed by atoms with E-state index in [1.54, 1.807) is 17.0 Å². The van der Waals surface area contributed by atoms with Gasteiger partial charge < -0.3 is 9.64 Å². The Morgan fingerprint density at radius 2 is 1.72 bits per heavy atom. The number of carbonyl (C=O) groups is 2. The van der Waals surface area contributed by atoms with Gasteiger partial charge in [0.2, 0.25) is 0 Å². The summed E-state index contributed by atoms with van der Waals surface area (Å²) in [6.07, 6.45) is -0.493. The molecule has 1 heterocycles. The number of hydrogen-bond donors (Lipinski definition) is 1. The van der Waals surface area contributed by atoms with E-state index in [1.165, 1.54) is 19.2 Å². The van der Waals surface area contributed by atoms with Crippen LogP contribution < -0.4 is 5.32 Å². The molecule has 1 amide bonds. The zero-order valence-corrected chi connectivity index (χ0v) is 18.0. The normalized spacial score (nSPS) is 17.0. The smallest absolute Gasteiger partial charge is 0.307 e. The molecule has 5 nitrogen and oxygen atoms in total. The van der Waals surface area contributed by atoms with E-state index >= 15 is 0 Å². The van der Waals surface area contributed by atoms with Crippen LogP contribution in [0.25, 0.3) is 0 Å². The molecule has 0 bridgehead atoms. The summed E-state index contributed by atoms with van der Waals surface area (Å²) in [4.78, 5) is 27.4. The standard InChI is InChI=1S/C26H25FN2O3/c1-17(18-9-4-3-5-10-18)29-25(21-13-6-7-14-22(21)26(29)31)28-23(16-24(30)32-2)19-11-8-12-20(27)15-19/h3-15,17,23,25,28H,16H2,1-2H3/t17-,23-,25+/m0/s1. The average Bonchev–Trinajstić information content (AvgIpc) is 3.10. The Hall–Kier alpha value is -3.51. The first-order valence-corrected chi connectivity index (χ1v) is 10.5. The van der Waals surface area contributed by atoms with Gasteiger partial charge in [-0.25, -0.2) is 4.39 Å². The molecule has 164 valence electrons. The van der Waals surface area contributed by atoms with Crippen LogP contribution in [0.2, 0.25) is 0 Å². The van der Waals surface area contributed by atoms with Crippen LogP contribution in [0.5, 0.6) is 0 Å². The van der Waals surface area contributed by atoms with Crippen LogP contribution >= 0.6 is 0 Å². The minimum atomic E-state index is -0.549. The third-order valence-corrected chi connectivity index (χ3v) is 5.91. The number of esters is 1. The lowest BCUT2D eigenvalue weighted by Crippen LogP contribution is -2.40. The maximum Gasteiger partial charge on any atom is 0.307 e. The molecule has 1 aliphatic heterocycles. The number of nitrogens with zero attached hydrogens (tertiary/aromatic N) is 1. The van der Waals surface area contributed by atoms with Crippen LogP contribution in [0.1, 0.15) is 58.6 Å². The Bertz CT molecular complexity index is 1120. The van der Waals surface area contributed by atoms with Crippen LogP contribution in [-0.4, -0.2) is 23.9 Å². The minimum Gasteiger partial charge on any atom is -0.469 e. The maximum atomic E-state index is 14.0. The number of benzene rings is 3. The lowest BCUT2D eigenvalue weighted by Gasteiger charge is -2.34. The second-order valence-corrected chi connectivity index (χ2v) is 7.84. The van der Waals surface area contributed by atoms with Crippen molar-refractivity contribution in [3.63, 3.8) is 0 Å². The molecular formula is C26H25FN2O3. The van der Waals surface area contributed by atoms with Crippen molar-refractivity contribution >= 4 is 11.9 Å². The minimum absolute atomic E-state index is 0.000366. The van der Waals surface area contributed by atoms with Gasteiger partial charge in [-0.3, -0.25) is 14.9 Å². The molecule has 1 aliphatic rings. The van der Waals surface area contributed by atoms with Crippen molar-refractivity contribution in [2.24, 2.45) is 0 Å². The Labute approximate surface area is 186 Å². The van der Waals surface area contributed by atoms with Crippen LogP contribution in [0.3, 0.4) is 0 Å². The Kier molecular flexibility index (Phi) is 6.32. The maximum absolute atomic E-state index is 14.0. The number of fused-ring (bicyclic) bond motifs is 1. The third kappa shape index (κ3) is 4.27. The van der Waals surface area contributed by atoms with Gasteiger partial charge in [0.1, 0.15) is 12.0 Å². The van der Waals surface area contributed by atoms with Gasteiger partial charge in [0, 0.05) is 17.2 Å². The molecule has 0 unspecified atom stereocenters. The summed E-state index contributed by atoms with van der Waals surface area (Å²) in [6.45, 7) is 1.98. The fourth-order valence-electron chi connectivity index (χ4n) is 4.24. The fraction of sp³-hybridized carbons (Fsp3) is 0.231. The van der Waals surface area contributed by atoms with Gasteiger partial charge in [-0.2, -0.15) is 0 Å². The highest BCUT2D eigenvalue weighted by atomic mass is 19.1. The van der Waals surface area contributed by atoms with Gasteiger partial charge >= 0.3 is 5.97 Å². The van der Waals surface area contributed by atoms with E-state index in [0.29, 0.717) is 11.1 Å². The van der Waals surface area contributed by atoms with Crippen LogP contribution in [0.15, 0.2) is 78.9 Å². The van der Waals surface area contributed by atoms with Crippen molar-refractivity contribution in [1.82, 2.24) is 10.2 Å². The number of halogens is 1. The summed E-state index contributed by atoms with van der Waals surface area (Å²) < 4.78 is 18.9. The predicted molar refractivity (Wildman–Crippen MR) is 119 cm³/mol. The summed E-state index contributed by atoms with van der Waals surface area (Å²) >= 11 is 0. The van der Waals surface area contributed by atoms with E-state index in [9.17, 15) is 14.0 Å². The number of rotatable bonds is 7. The van der Waals surface area contributed by atoms with Crippen molar-refractivity contribution < 1.29 is 18.7 Å². The van der Waals surface area contributed by atoms with Crippen molar-refractivity contribution in [2.45, 2.75) is 31.6 Å². The first-order chi connectivity index (χ1) is 15.5. The van der Waals surface area contributed by atoms with Gasteiger partial charge in [-0.1, -0.05) is 60.7 Å². The number of nitrogens with one attached hydrogen (secondary N) is 1. The quantitative estimate of drug-likeness (QED) is 0.538. The number of methoxy groups -OCH3 is 1.